The zero-order valence-corrected chi connectivity index (χ0v) is 15.6. The molecule has 4 heteroatoms. The Morgan fingerprint density at radius 2 is 1.85 bits per heavy atom. The zero-order chi connectivity index (χ0) is 18.4. The Bertz CT molecular complexity index is 916. The Morgan fingerprint density at radius 3 is 2.69 bits per heavy atom. The Hall–Kier alpha value is -2.33. The summed E-state index contributed by atoms with van der Waals surface area (Å²) in [4.78, 5) is 12.5. The molecule has 2 aromatic carbocycles. The van der Waals surface area contributed by atoms with Gasteiger partial charge in [0.25, 0.3) is 0 Å². The average molecular weight is 353 g/mol. The topological polar surface area (TPSA) is 51.5 Å². The minimum absolute atomic E-state index is 0.00204. The third-order valence-electron chi connectivity index (χ3n) is 4.74. The number of rotatable bonds is 9. The molecule has 3 rings (SSSR count). The van der Waals surface area contributed by atoms with Crippen molar-refractivity contribution in [1.29, 1.82) is 0 Å². The number of para-hydroxylation sites is 1. The molecule has 0 fully saturated rings. The number of fused-ring (bicyclic) bond motifs is 2. The van der Waals surface area contributed by atoms with Gasteiger partial charge in [0.05, 0.1) is 17.4 Å². The van der Waals surface area contributed by atoms with Crippen LogP contribution in [0.2, 0.25) is 0 Å². The first-order valence-corrected chi connectivity index (χ1v) is 9.51. The first-order valence-electron chi connectivity index (χ1n) is 9.51. The van der Waals surface area contributed by atoms with Gasteiger partial charge in [-0.05, 0) is 63.4 Å². The molecular formula is C22H27NO3. The van der Waals surface area contributed by atoms with Crippen LogP contribution < -0.4 is 15.5 Å². The summed E-state index contributed by atoms with van der Waals surface area (Å²) in [5.41, 5.74) is 1.18. The summed E-state index contributed by atoms with van der Waals surface area (Å²) < 4.78 is 11.7. The lowest BCUT2D eigenvalue weighted by Gasteiger charge is -2.11. The van der Waals surface area contributed by atoms with Gasteiger partial charge in [0.1, 0.15) is 16.9 Å². The van der Waals surface area contributed by atoms with E-state index in [0.29, 0.717) is 34.6 Å². The van der Waals surface area contributed by atoms with Gasteiger partial charge in [0.15, 0.2) is 0 Å². The number of hydrogen-bond donors (Lipinski definition) is 1. The number of nitrogens with one attached hydrogen (secondary N) is 1. The normalized spacial score (nSPS) is 12.5. The fourth-order valence-electron chi connectivity index (χ4n) is 2.96. The second-order valence-corrected chi connectivity index (χ2v) is 6.76. The molecular weight excluding hydrogens is 326 g/mol. The highest BCUT2D eigenvalue weighted by Gasteiger charge is 2.08. The van der Waals surface area contributed by atoms with Gasteiger partial charge in [0.2, 0.25) is 5.43 Å². The van der Waals surface area contributed by atoms with E-state index in [1.807, 2.05) is 30.3 Å². The van der Waals surface area contributed by atoms with Gasteiger partial charge in [-0.2, -0.15) is 0 Å². The van der Waals surface area contributed by atoms with Crippen molar-refractivity contribution < 1.29 is 9.15 Å². The predicted octanol–water partition coefficient (Wildman–Crippen LogP) is 4.88. The van der Waals surface area contributed by atoms with Crippen molar-refractivity contribution in [2.45, 2.75) is 45.6 Å². The van der Waals surface area contributed by atoms with Crippen LogP contribution in [-0.4, -0.2) is 19.2 Å². The van der Waals surface area contributed by atoms with Crippen molar-refractivity contribution in [3.05, 3.63) is 52.7 Å². The molecule has 0 saturated heterocycles. The largest absolute Gasteiger partial charge is 0.493 e. The Balaban J connectivity index is 1.56. The molecule has 0 radical (unpaired) electrons. The maximum atomic E-state index is 12.5. The van der Waals surface area contributed by atoms with Gasteiger partial charge in [-0.25, -0.2) is 0 Å². The molecule has 4 nitrogen and oxygen atoms in total. The first kappa shape index (κ1) is 18.5. The number of benzene rings is 2. The standard InChI is InChI=1S/C22H27NO3/c1-3-16(2)23-13-7-4-8-14-25-17-11-12-19-21(15-17)26-20-10-6-5-9-18(20)22(19)24/h5-6,9-12,15-16,23H,3-4,7-8,13-14H2,1-2H3. The van der Waals surface area contributed by atoms with Crippen LogP contribution in [0.3, 0.4) is 0 Å². The lowest BCUT2D eigenvalue weighted by atomic mass is 10.1. The highest BCUT2D eigenvalue weighted by molar-refractivity contribution is 5.90. The fraction of sp³-hybridized carbons (Fsp3) is 0.409. The average Bonchev–Trinajstić information content (AvgIpc) is 2.67. The van der Waals surface area contributed by atoms with E-state index in [1.54, 1.807) is 12.1 Å². The second kappa shape index (κ2) is 8.86. The minimum atomic E-state index is 0.00204. The van der Waals surface area contributed by atoms with Gasteiger partial charge in [-0.3, -0.25) is 4.79 Å². The summed E-state index contributed by atoms with van der Waals surface area (Å²) in [6, 6.07) is 13.4. The lowest BCUT2D eigenvalue weighted by Crippen LogP contribution is -2.26. The predicted molar refractivity (Wildman–Crippen MR) is 107 cm³/mol. The van der Waals surface area contributed by atoms with Crippen LogP contribution in [0.1, 0.15) is 39.5 Å². The van der Waals surface area contributed by atoms with Gasteiger partial charge in [-0.15, -0.1) is 0 Å². The Labute approximate surface area is 154 Å². The van der Waals surface area contributed by atoms with Crippen LogP contribution in [-0.2, 0) is 0 Å². The SMILES string of the molecule is CCC(C)NCCCCCOc1ccc2c(=O)c3ccccc3oc2c1. The highest BCUT2D eigenvalue weighted by atomic mass is 16.5. The molecule has 0 spiro atoms. The third kappa shape index (κ3) is 4.44. The van der Waals surface area contributed by atoms with Crippen LogP contribution in [0.4, 0.5) is 0 Å². The van der Waals surface area contributed by atoms with E-state index >= 15 is 0 Å². The lowest BCUT2D eigenvalue weighted by molar-refractivity contribution is 0.304. The molecule has 1 unspecified atom stereocenters. The summed E-state index contributed by atoms with van der Waals surface area (Å²) >= 11 is 0. The van der Waals surface area contributed by atoms with Crippen LogP contribution in [0, 0.1) is 0 Å². The van der Waals surface area contributed by atoms with E-state index in [1.165, 1.54) is 0 Å². The third-order valence-corrected chi connectivity index (χ3v) is 4.74. The molecule has 1 heterocycles. The molecule has 0 amide bonds. The van der Waals surface area contributed by atoms with Crippen molar-refractivity contribution in [2.75, 3.05) is 13.2 Å². The quantitative estimate of drug-likeness (QED) is 0.440. The number of ether oxygens (including phenoxy) is 1. The van der Waals surface area contributed by atoms with E-state index in [9.17, 15) is 4.79 Å². The Kier molecular flexibility index (Phi) is 6.29. The molecule has 3 aromatic rings. The van der Waals surface area contributed by atoms with Gasteiger partial charge in [0, 0.05) is 12.1 Å². The van der Waals surface area contributed by atoms with E-state index in [-0.39, 0.29) is 5.43 Å². The molecule has 0 aliphatic rings. The zero-order valence-electron chi connectivity index (χ0n) is 15.6. The van der Waals surface area contributed by atoms with Gasteiger partial charge >= 0.3 is 0 Å². The smallest absolute Gasteiger partial charge is 0.200 e. The van der Waals surface area contributed by atoms with Crippen LogP contribution in [0.5, 0.6) is 5.75 Å². The van der Waals surface area contributed by atoms with Crippen molar-refractivity contribution in [1.82, 2.24) is 5.32 Å². The van der Waals surface area contributed by atoms with E-state index < -0.39 is 0 Å². The summed E-state index contributed by atoms with van der Waals surface area (Å²) in [5.74, 6) is 0.744. The van der Waals surface area contributed by atoms with Crippen molar-refractivity contribution >= 4 is 21.9 Å². The summed E-state index contributed by atoms with van der Waals surface area (Å²) in [5, 5.41) is 4.70. The van der Waals surface area contributed by atoms with E-state index in [0.717, 1.165) is 38.0 Å². The van der Waals surface area contributed by atoms with Gasteiger partial charge in [-0.1, -0.05) is 19.1 Å². The number of unbranched alkanes of at least 4 members (excludes halogenated alkanes) is 2. The molecule has 1 aromatic heterocycles. The molecule has 0 aliphatic heterocycles. The van der Waals surface area contributed by atoms with Gasteiger partial charge < -0.3 is 14.5 Å². The van der Waals surface area contributed by atoms with Crippen LogP contribution in [0.15, 0.2) is 51.7 Å². The highest BCUT2D eigenvalue weighted by Crippen LogP contribution is 2.23. The van der Waals surface area contributed by atoms with Crippen molar-refractivity contribution in [2.24, 2.45) is 0 Å². The second-order valence-electron chi connectivity index (χ2n) is 6.76. The van der Waals surface area contributed by atoms with Crippen molar-refractivity contribution in [3.8, 4) is 5.75 Å². The number of hydrogen-bond acceptors (Lipinski definition) is 4. The summed E-state index contributed by atoms with van der Waals surface area (Å²) in [7, 11) is 0. The molecule has 1 N–H and O–H groups in total. The molecule has 1 atom stereocenters. The van der Waals surface area contributed by atoms with Crippen molar-refractivity contribution in [3.63, 3.8) is 0 Å². The molecule has 0 saturated carbocycles. The molecule has 26 heavy (non-hydrogen) atoms. The fourth-order valence-corrected chi connectivity index (χ4v) is 2.96. The monoisotopic (exact) mass is 353 g/mol. The first-order chi connectivity index (χ1) is 12.7. The summed E-state index contributed by atoms with van der Waals surface area (Å²) in [6.07, 6.45) is 4.47. The summed E-state index contributed by atoms with van der Waals surface area (Å²) in [6.45, 7) is 6.14. The molecule has 0 bridgehead atoms. The van der Waals surface area contributed by atoms with Crippen LogP contribution in [0.25, 0.3) is 21.9 Å². The van der Waals surface area contributed by atoms with Crippen LogP contribution >= 0.6 is 0 Å². The van der Waals surface area contributed by atoms with E-state index in [2.05, 4.69) is 19.2 Å². The van der Waals surface area contributed by atoms with E-state index in [4.69, 9.17) is 9.15 Å². The maximum absolute atomic E-state index is 12.5. The molecule has 0 aliphatic carbocycles. The minimum Gasteiger partial charge on any atom is -0.493 e. The maximum Gasteiger partial charge on any atom is 0.200 e. The molecule has 138 valence electrons. The Morgan fingerprint density at radius 1 is 1.04 bits per heavy atom.